The average molecular weight is 393 g/mol. The van der Waals surface area contributed by atoms with Gasteiger partial charge in [-0.05, 0) is 31.0 Å². The first kappa shape index (κ1) is 21.8. The summed E-state index contributed by atoms with van der Waals surface area (Å²) in [6, 6.07) is 3.67. The van der Waals surface area contributed by atoms with E-state index in [0.29, 0.717) is 43.9 Å². The highest BCUT2D eigenvalue weighted by atomic mass is 19.1. The summed E-state index contributed by atoms with van der Waals surface area (Å²) >= 11 is 0. The second-order valence-corrected chi connectivity index (χ2v) is 7.17. The number of amides is 1. The Kier molecular flexibility index (Phi) is 7.51. The first-order valence-corrected chi connectivity index (χ1v) is 9.54. The lowest BCUT2D eigenvalue weighted by molar-refractivity contribution is -0.141. The molecule has 2 N–H and O–H groups in total. The van der Waals surface area contributed by atoms with Crippen molar-refractivity contribution in [2.45, 2.75) is 33.2 Å². The Morgan fingerprint density at radius 1 is 1.21 bits per heavy atom. The quantitative estimate of drug-likeness (QED) is 0.655. The number of ketones is 1. The third-order valence-electron chi connectivity index (χ3n) is 5.28. The van der Waals surface area contributed by atoms with Gasteiger partial charge in [0.2, 0.25) is 5.91 Å². The van der Waals surface area contributed by atoms with Gasteiger partial charge in [-0.25, -0.2) is 4.39 Å². The number of nitrogens with one attached hydrogen (secondary N) is 1. The highest BCUT2D eigenvalue weighted by Crippen LogP contribution is 2.22. The van der Waals surface area contributed by atoms with E-state index in [-0.39, 0.29) is 24.2 Å². The number of rotatable bonds is 8. The molecule has 1 saturated heterocycles. The maximum absolute atomic E-state index is 14.3. The monoisotopic (exact) mass is 393 g/mol. The Morgan fingerprint density at radius 2 is 1.86 bits per heavy atom. The van der Waals surface area contributed by atoms with E-state index >= 15 is 0 Å². The molecule has 2 atom stereocenters. The zero-order chi connectivity index (χ0) is 20.8. The first-order chi connectivity index (χ1) is 13.2. The van der Waals surface area contributed by atoms with E-state index in [4.69, 9.17) is 0 Å². The molecule has 1 fully saturated rings. The van der Waals surface area contributed by atoms with Gasteiger partial charge in [-0.3, -0.25) is 19.7 Å². The summed E-state index contributed by atoms with van der Waals surface area (Å²) in [4.78, 5) is 38.6. The average Bonchev–Trinajstić information content (AvgIpc) is 2.67. The second-order valence-electron chi connectivity index (χ2n) is 7.17. The molecule has 0 saturated carbocycles. The summed E-state index contributed by atoms with van der Waals surface area (Å²) in [7, 11) is 0. The van der Waals surface area contributed by atoms with Gasteiger partial charge >= 0.3 is 5.97 Å². The van der Waals surface area contributed by atoms with Crippen molar-refractivity contribution >= 4 is 23.3 Å². The molecule has 2 rings (SSSR count). The van der Waals surface area contributed by atoms with E-state index in [0.717, 1.165) is 0 Å². The molecule has 0 bridgehead atoms. The van der Waals surface area contributed by atoms with E-state index in [1.54, 1.807) is 17.0 Å². The van der Waals surface area contributed by atoms with Crippen molar-refractivity contribution in [1.82, 2.24) is 10.2 Å². The van der Waals surface area contributed by atoms with Crippen LogP contribution in [0, 0.1) is 11.7 Å². The number of anilines is 1. The number of carbonyl (C=O) groups is 3. The van der Waals surface area contributed by atoms with Gasteiger partial charge < -0.3 is 14.9 Å². The number of aliphatic carboxylic acids is 1. The molecular formula is C20H28FN3O4. The van der Waals surface area contributed by atoms with Gasteiger partial charge in [0.25, 0.3) is 0 Å². The summed E-state index contributed by atoms with van der Waals surface area (Å²) in [6.45, 7) is 6.88. The van der Waals surface area contributed by atoms with Crippen LogP contribution >= 0.6 is 0 Å². The number of nitrogens with zero attached hydrogens (tertiary/aromatic N) is 2. The highest BCUT2D eigenvalue weighted by molar-refractivity contribution is 5.94. The Labute approximate surface area is 164 Å². The van der Waals surface area contributed by atoms with E-state index in [1.807, 2.05) is 18.7 Å². The molecule has 0 unspecified atom stereocenters. The van der Waals surface area contributed by atoms with E-state index in [2.05, 4.69) is 5.32 Å². The Bertz CT molecular complexity index is 732. The maximum atomic E-state index is 14.3. The van der Waals surface area contributed by atoms with Crippen molar-refractivity contribution in [1.29, 1.82) is 0 Å². The molecule has 1 aliphatic rings. The summed E-state index contributed by atoms with van der Waals surface area (Å²) in [5, 5.41) is 12.1. The second kappa shape index (κ2) is 9.64. The van der Waals surface area contributed by atoms with Gasteiger partial charge in [-0.1, -0.05) is 20.3 Å². The molecule has 8 heteroatoms. The van der Waals surface area contributed by atoms with Crippen LogP contribution < -0.4 is 10.2 Å². The molecule has 0 radical (unpaired) electrons. The SMILES string of the molecule is CC[C@H](C)[C@H](NCC(=O)N1CCN(c2ccc(C(C)=O)cc2F)CC1)C(=O)O. The van der Waals surface area contributed by atoms with Crippen LogP contribution in [0.25, 0.3) is 0 Å². The minimum absolute atomic E-state index is 0.0387. The third kappa shape index (κ3) is 5.28. The molecule has 1 aliphatic heterocycles. The first-order valence-electron chi connectivity index (χ1n) is 9.54. The Morgan fingerprint density at radius 3 is 2.36 bits per heavy atom. The Balaban J connectivity index is 1.90. The fraction of sp³-hybridized carbons (Fsp3) is 0.550. The molecule has 7 nitrogen and oxygen atoms in total. The number of carboxylic acid groups (broad SMARTS) is 1. The maximum Gasteiger partial charge on any atom is 0.320 e. The minimum atomic E-state index is -0.962. The number of piperazine rings is 1. The van der Waals surface area contributed by atoms with Crippen LogP contribution in [0.4, 0.5) is 10.1 Å². The van der Waals surface area contributed by atoms with Gasteiger partial charge in [0.05, 0.1) is 12.2 Å². The van der Waals surface area contributed by atoms with Crippen LogP contribution in [0.15, 0.2) is 18.2 Å². The van der Waals surface area contributed by atoms with Gasteiger partial charge in [0.1, 0.15) is 11.9 Å². The minimum Gasteiger partial charge on any atom is -0.480 e. The van der Waals surface area contributed by atoms with Gasteiger partial charge in [-0.2, -0.15) is 0 Å². The van der Waals surface area contributed by atoms with Crippen molar-refractivity contribution < 1.29 is 23.9 Å². The summed E-state index contributed by atoms with van der Waals surface area (Å²) in [6.07, 6.45) is 0.699. The van der Waals surface area contributed by atoms with Crippen LogP contribution in [0.3, 0.4) is 0 Å². The lowest BCUT2D eigenvalue weighted by atomic mass is 9.99. The molecule has 0 spiro atoms. The van der Waals surface area contributed by atoms with Crippen molar-refractivity contribution in [2.24, 2.45) is 5.92 Å². The van der Waals surface area contributed by atoms with Gasteiger partial charge in [-0.15, -0.1) is 0 Å². The molecule has 0 aliphatic carbocycles. The fourth-order valence-electron chi connectivity index (χ4n) is 3.26. The van der Waals surface area contributed by atoms with Crippen molar-refractivity contribution in [3.63, 3.8) is 0 Å². The van der Waals surface area contributed by atoms with Crippen molar-refractivity contribution in [2.75, 3.05) is 37.6 Å². The predicted molar refractivity (Wildman–Crippen MR) is 104 cm³/mol. The van der Waals surface area contributed by atoms with Crippen LogP contribution in [-0.2, 0) is 9.59 Å². The molecule has 28 heavy (non-hydrogen) atoms. The molecule has 154 valence electrons. The van der Waals surface area contributed by atoms with Crippen molar-refractivity contribution in [3.05, 3.63) is 29.6 Å². The van der Waals surface area contributed by atoms with Gasteiger partial charge in [0, 0.05) is 31.7 Å². The Hall–Kier alpha value is -2.48. The normalized spacial score (nSPS) is 16.6. The molecule has 0 aromatic heterocycles. The van der Waals surface area contributed by atoms with E-state index in [9.17, 15) is 23.9 Å². The number of benzene rings is 1. The van der Waals surface area contributed by atoms with Crippen LogP contribution in [0.5, 0.6) is 0 Å². The van der Waals surface area contributed by atoms with Crippen LogP contribution in [0.2, 0.25) is 0 Å². The summed E-state index contributed by atoms with van der Waals surface area (Å²) in [5.74, 6) is -1.85. The fourth-order valence-corrected chi connectivity index (χ4v) is 3.26. The molecule has 1 amide bonds. The van der Waals surface area contributed by atoms with Crippen LogP contribution in [0.1, 0.15) is 37.6 Å². The number of carbonyl (C=O) groups excluding carboxylic acids is 2. The summed E-state index contributed by atoms with van der Waals surface area (Å²) < 4.78 is 14.3. The van der Waals surface area contributed by atoms with Crippen LogP contribution in [-0.4, -0.2) is 66.4 Å². The third-order valence-corrected chi connectivity index (χ3v) is 5.28. The molecule has 1 aromatic carbocycles. The van der Waals surface area contributed by atoms with E-state index in [1.165, 1.54) is 13.0 Å². The van der Waals surface area contributed by atoms with Crippen molar-refractivity contribution in [3.8, 4) is 0 Å². The molecular weight excluding hydrogens is 365 g/mol. The smallest absolute Gasteiger partial charge is 0.320 e. The standard InChI is InChI=1S/C20H28FN3O4/c1-4-13(2)19(20(27)28)22-12-18(26)24-9-7-23(8-10-24)17-6-5-15(14(3)25)11-16(17)21/h5-6,11,13,19,22H,4,7-10,12H2,1-3H3,(H,27,28)/t13-,19-/m0/s1. The molecule has 1 heterocycles. The molecule has 1 aromatic rings. The highest BCUT2D eigenvalue weighted by Gasteiger charge is 2.27. The van der Waals surface area contributed by atoms with E-state index < -0.39 is 17.8 Å². The zero-order valence-electron chi connectivity index (χ0n) is 16.6. The zero-order valence-corrected chi connectivity index (χ0v) is 16.6. The lowest BCUT2D eigenvalue weighted by Gasteiger charge is -2.36. The predicted octanol–water partition coefficient (Wildman–Crippen LogP) is 1.77. The topological polar surface area (TPSA) is 90.0 Å². The summed E-state index contributed by atoms with van der Waals surface area (Å²) in [5.41, 5.74) is 0.744. The number of halogens is 1. The number of Topliss-reactive ketones (excluding diaryl/α,β-unsaturated/α-hetero) is 1. The lowest BCUT2D eigenvalue weighted by Crippen LogP contribution is -2.53. The number of hydrogen-bond acceptors (Lipinski definition) is 5. The largest absolute Gasteiger partial charge is 0.480 e. The van der Waals surface area contributed by atoms with Gasteiger partial charge in [0.15, 0.2) is 5.78 Å². The number of hydrogen-bond donors (Lipinski definition) is 2. The number of carboxylic acids is 1.